The van der Waals surface area contributed by atoms with Gasteiger partial charge in [0.15, 0.2) is 0 Å². The largest absolute Gasteiger partial charge is 0.397 e. The number of benzene rings is 1. The molecule has 0 radical (unpaired) electrons. The molecule has 5 heteroatoms. The zero-order valence-electron chi connectivity index (χ0n) is 12.0. The maximum atomic E-state index is 12.4. The highest BCUT2D eigenvalue weighted by molar-refractivity contribution is 9.10. The van der Waals surface area contributed by atoms with Crippen LogP contribution in [0.5, 0.6) is 0 Å². The van der Waals surface area contributed by atoms with E-state index >= 15 is 0 Å². The van der Waals surface area contributed by atoms with Crippen LogP contribution < -0.4 is 11.1 Å². The van der Waals surface area contributed by atoms with Gasteiger partial charge in [0.25, 0.3) is 5.91 Å². The van der Waals surface area contributed by atoms with E-state index in [1.165, 1.54) is 30.6 Å². The second kappa shape index (κ2) is 5.61. The second-order valence-electron chi connectivity index (χ2n) is 5.88. The molecule has 112 valence electrons. The smallest absolute Gasteiger partial charge is 0.263 e. The lowest BCUT2D eigenvalue weighted by Crippen LogP contribution is -2.41. The van der Waals surface area contributed by atoms with Crippen LogP contribution in [-0.2, 0) is 0 Å². The van der Waals surface area contributed by atoms with Gasteiger partial charge in [-0.1, -0.05) is 29.3 Å². The standard InChI is InChI=1S/C16H19BrN2OS/c1-2-16(6-3-7-16)9-19-15(20)14-13(18)11-8-10(17)4-5-12(11)21-14/h4-5,8H,2-3,6-7,9,18H2,1H3,(H,19,20). The van der Waals surface area contributed by atoms with Crippen LogP contribution in [-0.4, -0.2) is 12.5 Å². The molecule has 1 aromatic heterocycles. The van der Waals surface area contributed by atoms with Crippen molar-refractivity contribution in [3.05, 3.63) is 27.5 Å². The third kappa shape index (κ3) is 2.69. The number of hydrogen-bond donors (Lipinski definition) is 2. The molecule has 3 nitrogen and oxygen atoms in total. The van der Waals surface area contributed by atoms with Crippen molar-refractivity contribution in [3.8, 4) is 0 Å². The van der Waals surface area contributed by atoms with Gasteiger partial charge in [0, 0.05) is 21.1 Å². The van der Waals surface area contributed by atoms with Gasteiger partial charge >= 0.3 is 0 Å². The molecule has 0 unspecified atom stereocenters. The zero-order chi connectivity index (χ0) is 15.0. The number of halogens is 1. The van der Waals surface area contributed by atoms with Crippen LogP contribution in [0.2, 0.25) is 0 Å². The topological polar surface area (TPSA) is 55.1 Å². The first-order chi connectivity index (χ1) is 10.0. The first kappa shape index (κ1) is 14.9. The van der Waals surface area contributed by atoms with Crippen LogP contribution in [0, 0.1) is 5.41 Å². The van der Waals surface area contributed by atoms with Gasteiger partial charge in [-0.3, -0.25) is 4.79 Å². The van der Waals surface area contributed by atoms with Crippen molar-refractivity contribution in [2.75, 3.05) is 12.3 Å². The van der Waals surface area contributed by atoms with Gasteiger partial charge < -0.3 is 11.1 Å². The van der Waals surface area contributed by atoms with E-state index < -0.39 is 0 Å². The van der Waals surface area contributed by atoms with E-state index in [-0.39, 0.29) is 5.91 Å². The lowest BCUT2D eigenvalue weighted by Gasteiger charge is -2.41. The number of nitrogens with two attached hydrogens (primary N) is 1. The molecule has 2 aromatic rings. The highest BCUT2D eigenvalue weighted by Gasteiger charge is 2.35. The SMILES string of the molecule is CCC1(CNC(=O)c2sc3ccc(Br)cc3c2N)CCC1. The van der Waals surface area contributed by atoms with Gasteiger partial charge in [0.2, 0.25) is 0 Å². The lowest BCUT2D eigenvalue weighted by molar-refractivity contribution is 0.0854. The summed E-state index contributed by atoms with van der Waals surface area (Å²) in [5, 5.41) is 4.04. The van der Waals surface area contributed by atoms with E-state index in [1.54, 1.807) is 0 Å². The van der Waals surface area contributed by atoms with Crippen molar-refractivity contribution < 1.29 is 4.79 Å². The summed E-state index contributed by atoms with van der Waals surface area (Å²) in [4.78, 5) is 13.1. The fourth-order valence-electron chi connectivity index (χ4n) is 2.94. The van der Waals surface area contributed by atoms with Crippen LogP contribution in [0.15, 0.2) is 22.7 Å². The molecule has 1 aromatic carbocycles. The van der Waals surface area contributed by atoms with E-state index in [0.29, 0.717) is 16.0 Å². The molecule has 1 saturated carbocycles. The number of carbonyl (C=O) groups is 1. The van der Waals surface area contributed by atoms with Crippen LogP contribution in [0.3, 0.4) is 0 Å². The van der Waals surface area contributed by atoms with Gasteiger partial charge in [-0.05, 0) is 42.9 Å². The average molecular weight is 367 g/mol. The van der Waals surface area contributed by atoms with Crippen molar-refractivity contribution in [1.29, 1.82) is 0 Å². The summed E-state index contributed by atoms with van der Waals surface area (Å²) in [6.07, 6.45) is 4.85. The van der Waals surface area contributed by atoms with Crippen molar-refractivity contribution in [3.63, 3.8) is 0 Å². The van der Waals surface area contributed by atoms with E-state index in [4.69, 9.17) is 5.73 Å². The number of rotatable bonds is 4. The van der Waals surface area contributed by atoms with E-state index in [2.05, 4.69) is 28.2 Å². The van der Waals surface area contributed by atoms with Gasteiger partial charge in [0.05, 0.1) is 5.69 Å². The van der Waals surface area contributed by atoms with Crippen molar-refractivity contribution in [2.24, 2.45) is 5.41 Å². The summed E-state index contributed by atoms with van der Waals surface area (Å²) in [5.41, 5.74) is 7.07. The molecule has 0 bridgehead atoms. The van der Waals surface area contributed by atoms with Crippen molar-refractivity contribution in [1.82, 2.24) is 5.32 Å². The number of fused-ring (bicyclic) bond motifs is 1. The summed E-state index contributed by atoms with van der Waals surface area (Å²) in [7, 11) is 0. The number of anilines is 1. The molecule has 0 saturated heterocycles. The lowest BCUT2D eigenvalue weighted by atomic mass is 9.67. The average Bonchev–Trinajstić information content (AvgIpc) is 2.75. The Labute approximate surface area is 137 Å². The number of thiophene rings is 1. The summed E-state index contributed by atoms with van der Waals surface area (Å²) >= 11 is 4.91. The minimum absolute atomic E-state index is 0.0375. The first-order valence-electron chi connectivity index (χ1n) is 7.30. The molecule has 1 fully saturated rings. The summed E-state index contributed by atoms with van der Waals surface area (Å²) < 4.78 is 2.03. The summed E-state index contributed by atoms with van der Waals surface area (Å²) in [6.45, 7) is 2.97. The van der Waals surface area contributed by atoms with Crippen LogP contribution >= 0.6 is 27.3 Å². The molecular weight excluding hydrogens is 348 g/mol. The monoisotopic (exact) mass is 366 g/mol. The van der Waals surface area contributed by atoms with Crippen LogP contribution in [0.4, 0.5) is 5.69 Å². The molecule has 0 aliphatic heterocycles. The third-order valence-electron chi connectivity index (χ3n) is 4.68. The third-order valence-corrected chi connectivity index (χ3v) is 6.36. The second-order valence-corrected chi connectivity index (χ2v) is 7.84. The fourth-order valence-corrected chi connectivity index (χ4v) is 4.32. The van der Waals surface area contributed by atoms with Crippen molar-refractivity contribution in [2.45, 2.75) is 32.6 Å². The van der Waals surface area contributed by atoms with E-state index in [1.807, 2.05) is 18.2 Å². The van der Waals surface area contributed by atoms with Gasteiger partial charge in [0.1, 0.15) is 4.88 Å². The van der Waals surface area contributed by atoms with Gasteiger partial charge in [-0.2, -0.15) is 0 Å². The molecule has 3 N–H and O–H groups in total. The molecule has 3 rings (SSSR count). The number of nitrogens with one attached hydrogen (secondary N) is 1. The van der Waals surface area contributed by atoms with Crippen LogP contribution in [0.1, 0.15) is 42.3 Å². The highest BCUT2D eigenvalue weighted by Crippen LogP contribution is 2.43. The van der Waals surface area contributed by atoms with E-state index in [0.717, 1.165) is 27.5 Å². The Morgan fingerprint density at radius 1 is 1.48 bits per heavy atom. The molecule has 1 aliphatic carbocycles. The van der Waals surface area contributed by atoms with E-state index in [9.17, 15) is 4.79 Å². The molecule has 21 heavy (non-hydrogen) atoms. The molecule has 0 atom stereocenters. The normalized spacial score (nSPS) is 16.7. The Balaban J connectivity index is 1.80. The Bertz CT molecular complexity index is 685. The Kier molecular flexibility index (Phi) is 3.97. The minimum atomic E-state index is -0.0375. The first-order valence-corrected chi connectivity index (χ1v) is 8.91. The quantitative estimate of drug-likeness (QED) is 0.833. The molecular formula is C16H19BrN2OS. The zero-order valence-corrected chi connectivity index (χ0v) is 14.4. The Morgan fingerprint density at radius 2 is 2.24 bits per heavy atom. The fraction of sp³-hybridized carbons (Fsp3) is 0.438. The highest BCUT2D eigenvalue weighted by atomic mass is 79.9. The minimum Gasteiger partial charge on any atom is -0.397 e. The maximum absolute atomic E-state index is 12.4. The molecule has 0 spiro atoms. The number of carbonyl (C=O) groups excluding carboxylic acids is 1. The predicted octanol–water partition coefficient (Wildman–Crippen LogP) is 4.56. The number of amides is 1. The number of hydrogen-bond acceptors (Lipinski definition) is 3. The molecule has 1 aliphatic rings. The predicted molar refractivity (Wildman–Crippen MR) is 92.8 cm³/mol. The summed E-state index contributed by atoms with van der Waals surface area (Å²) in [6, 6.07) is 5.94. The number of nitrogen functional groups attached to an aromatic ring is 1. The Morgan fingerprint density at radius 3 is 2.86 bits per heavy atom. The van der Waals surface area contributed by atoms with Crippen molar-refractivity contribution >= 4 is 48.9 Å². The van der Waals surface area contributed by atoms with Gasteiger partial charge in [-0.25, -0.2) is 0 Å². The molecule has 1 amide bonds. The Hall–Kier alpha value is -1.07. The molecule has 1 heterocycles. The van der Waals surface area contributed by atoms with Gasteiger partial charge in [-0.15, -0.1) is 11.3 Å². The summed E-state index contributed by atoms with van der Waals surface area (Å²) in [5.74, 6) is -0.0375. The van der Waals surface area contributed by atoms with Crippen LogP contribution in [0.25, 0.3) is 10.1 Å². The maximum Gasteiger partial charge on any atom is 0.263 e.